The predicted octanol–water partition coefficient (Wildman–Crippen LogP) is 3.36. The molecule has 0 aliphatic heterocycles. The van der Waals surface area contributed by atoms with Crippen molar-refractivity contribution in [2.75, 3.05) is 24.8 Å². The first-order chi connectivity index (χ1) is 9.51. The molecule has 0 aliphatic carbocycles. The highest BCUT2D eigenvalue weighted by atomic mass is 19.1. The fraction of sp³-hybridized carbons (Fsp3) is 0.250. The van der Waals surface area contributed by atoms with Crippen LogP contribution in [0.2, 0.25) is 0 Å². The van der Waals surface area contributed by atoms with Crippen LogP contribution in [-0.4, -0.2) is 14.2 Å². The Morgan fingerprint density at radius 1 is 1.25 bits per heavy atom. The lowest BCUT2D eigenvalue weighted by Crippen LogP contribution is -2.18. The summed E-state index contributed by atoms with van der Waals surface area (Å²) in [6.45, 7) is 2.65. The van der Waals surface area contributed by atoms with Gasteiger partial charge in [-0.05, 0) is 12.5 Å². The van der Waals surface area contributed by atoms with Crippen molar-refractivity contribution in [3.05, 3.63) is 53.3 Å². The molecule has 0 radical (unpaired) electrons. The SMILES string of the molecule is COc1cc(N(C)Cc2cccc(C)c2)c(F)cc1N. The van der Waals surface area contributed by atoms with E-state index >= 15 is 0 Å². The smallest absolute Gasteiger partial charge is 0.148 e. The van der Waals surface area contributed by atoms with Gasteiger partial charge in [0.25, 0.3) is 0 Å². The summed E-state index contributed by atoms with van der Waals surface area (Å²) in [4.78, 5) is 1.84. The van der Waals surface area contributed by atoms with Crippen LogP contribution in [0.3, 0.4) is 0 Å². The standard InChI is InChI=1S/C16H19FN2O/c1-11-5-4-6-12(7-11)10-19(2)15-9-16(20-3)14(18)8-13(15)17/h4-9H,10,18H2,1-3H3. The molecule has 3 nitrogen and oxygen atoms in total. The summed E-state index contributed by atoms with van der Waals surface area (Å²) in [6.07, 6.45) is 0. The van der Waals surface area contributed by atoms with Crippen LogP contribution < -0.4 is 15.4 Å². The zero-order chi connectivity index (χ0) is 14.7. The first-order valence-corrected chi connectivity index (χ1v) is 6.41. The Balaban J connectivity index is 2.27. The second-order valence-corrected chi connectivity index (χ2v) is 4.89. The van der Waals surface area contributed by atoms with Crippen molar-refractivity contribution in [1.82, 2.24) is 0 Å². The fourth-order valence-electron chi connectivity index (χ4n) is 2.20. The maximum absolute atomic E-state index is 14.0. The van der Waals surface area contributed by atoms with Crippen molar-refractivity contribution in [3.8, 4) is 5.75 Å². The number of hydrogen-bond acceptors (Lipinski definition) is 3. The highest BCUT2D eigenvalue weighted by Crippen LogP contribution is 2.30. The number of nitrogens with two attached hydrogens (primary N) is 1. The number of anilines is 2. The Morgan fingerprint density at radius 3 is 2.65 bits per heavy atom. The number of methoxy groups -OCH3 is 1. The van der Waals surface area contributed by atoms with Gasteiger partial charge < -0.3 is 15.4 Å². The Labute approximate surface area is 118 Å². The molecular formula is C16H19FN2O. The van der Waals surface area contributed by atoms with Gasteiger partial charge in [-0.2, -0.15) is 0 Å². The van der Waals surface area contributed by atoms with Gasteiger partial charge in [0, 0.05) is 25.7 Å². The molecule has 2 N–H and O–H groups in total. The molecule has 4 heteroatoms. The first-order valence-electron chi connectivity index (χ1n) is 6.41. The Morgan fingerprint density at radius 2 is 2.00 bits per heavy atom. The third kappa shape index (κ3) is 3.02. The predicted molar refractivity (Wildman–Crippen MR) is 80.7 cm³/mol. The van der Waals surface area contributed by atoms with Crippen LogP contribution in [0.15, 0.2) is 36.4 Å². The molecule has 0 fully saturated rings. The van der Waals surface area contributed by atoms with E-state index in [1.165, 1.54) is 18.7 Å². The number of ether oxygens (including phenoxy) is 1. The molecule has 106 valence electrons. The van der Waals surface area contributed by atoms with Crippen molar-refractivity contribution in [3.63, 3.8) is 0 Å². The minimum absolute atomic E-state index is 0.303. The largest absolute Gasteiger partial charge is 0.495 e. The highest BCUT2D eigenvalue weighted by molar-refractivity contribution is 5.63. The van der Waals surface area contributed by atoms with E-state index in [4.69, 9.17) is 10.5 Å². The van der Waals surface area contributed by atoms with Crippen molar-refractivity contribution in [1.29, 1.82) is 0 Å². The monoisotopic (exact) mass is 274 g/mol. The molecule has 0 saturated heterocycles. The van der Waals surface area contributed by atoms with Gasteiger partial charge in [0.15, 0.2) is 0 Å². The van der Waals surface area contributed by atoms with Gasteiger partial charge in [0.2, 0.25) is 0 Å². The molecule has 2 aromatic rings. The van der Waals surface area contributed by atoms with E-state index in [1.807, 2.05) is 37.1 Å². The molecule has 0 saturated carbocycles. The lowest BCUT2D eigenvalue weighted by molar-refractivity contribution is 0.416. The molecule has 0 amide bonds. The molecule has 0 spiro atoms. The molecule has 0 aromatic heterocycles. The Kier molecular flexibility index (Phi) is 4.13. The fourth-order valence-corrected chi connectivity index (χ4v) is 2.20. The topological polar surface area (TPSA) is 38.5 Å². The summed E-state index contributed by atoms with van der Waals surface area (Å²) in [6, 6.07) is 11.1. The molecule has 20 heavy (non-hydrogen) atoms. The highest BCUT2D eigenvalue weighted by Gasteiger charge is 2.12. The zero-order valence-electron chi connectivity index (χ0n) is 12.0. The summed E-state index contributed by atoms with van der Waals surface area (Å²) < 4.78 is 19.2. The minimum atomic E-state index is -0.349. The first kappa shape index (κ1) is 14.2. The second kappa shape index (κ2) is 5.82. The van der Waals surface area contributed by atoms with Gasteiger partial charge in [-0.25, -0.2) is 4.39 Å². The quantitative estimate of drug-likeness (QED) is 0.869. The number of benzene rings is 2. The second-order valence-electron chi connectivity index (χ2n) is 4.89. The van der Waals surface area contributed by atoms with Crippen molar-refractivity contribution in [2.24, 2.45) is 0 Å². The molecule has 0 aliphatic rings. The third-order valence-electron chi connectivity index (χ3n) is 3.21. The number of nitrogen functional groups attached to an aromatic ring is 1. The molecule has 0 heterocycles. The van der Waals surface area contributed by atoms with Crippen LogP contribution in [0.25, 0.3) is 0 Å². The minimum Gasteiger partial charge on any atom is -0.495 e. The molecule has 0 unspecified atom stereocenters. The number of nitrogens with zero attached hydrogens (tertiary/aromatic N) is 1. The van der Waals surface area contributed by atoms with Gasteiger partial charge >= 0.3 is 0 Å². The maximum Gasteiger partial charge on any atom is 0.148 e. The normalized spacial score (nSPS) is 10.4. The van der Waals surface area contributed by atoms with E-state index in [0.717, 1.165) is 5.56 Å². The average molecular weight is 274 g/mol. The Hall–Kier alpha value is -2.23. The molecule has 0 atom stereocenters. The molecular weight excluding hydrogens is 255 g/mol. The maximum atomic E-state index is 14.0. The molecule has 2 rings (SSSR count). The summed E-state index contributed by atoms with van der Waals surface area (Å²) in [7, 11) is 3.37. The molecule has 0 bridgehead atoms. The third-order valence-corrected chi connectivity index (χ3v) is 3.21. The van der Waals surface area contributed by atoms with Crippen LogP contribution in [-0.2, 0) is 6.54 Å². The van der Waals surface area contributed by atoms with Gasteiger partial charge in [0.1, 0.15) is 11.6 Å². The van der Waals surface area contributed by atoms with Gasteiger partial charge in [0.05, 0.1) is 18.5 Å². The van der Waals surface area contributed by atoms with E-state index in [-0.39, 0.29) is 5.82 Å². The van der Waals surface area contributed by atoms with Crippen LogP contribution in [0.4, 0.5) is 15.8 Å². The summed E-state index contributed by atoms with van der Waals surface area (Å²) in [5.41, 5.74) is 8.78. The van der Waals surface area contributed by atoms with Gasteiger partial charge in [-0.3, -0.25) is 0 Å². The van der Waals surface area contributed by atoms with E-state index in [9.17, 15) is 4.39 Å². The van der Waals surface area contributed by atoms with E-state index in [1.54, 1.807) is 6.07 Å². The summed E-state index contributed by atoms with van der Waals surface area (Å²) >= 11 is 0. The van der Waals surface area contributed by atoms with E-state index < -0.39 is 0 Å². The number of rotatable bonds is 4. The van der Waals surface area contributed by atoms with Crippen molar-refractivity contribution < 1.29 is 9.13 Å². The van der Waals surface area contributed by atoms with Crippen molar-refractivity contribution >= 4 is 11.4 Å². The lowest BCUT2D eigenvalue weighted by atomic mass is 10.1. The van der Waals surface area contributed by atoms with Crippen LogP contribution >= 0.6 is 0 Å². The number of hydrogen-bond donors (Lipinski definition) is 1. The van der Waals surface area contributed by atoms with E-state index in [2.05, 4.69) is 6.07 Å². The van der Waals surface area contributed by atoms with Crippen LogP contribution in [0.1, 0.15) is 11.1 Å². The summed E-state index contributed by atoms with van der Waals surface area (Å²) in [5.74, 6) is 0.135. The Bertz CT molecular complexity index is 613. The number of aryl methyl sites for hydroxylation is 1. The summed E-state index contributed by atoms with van der Waals surface area (Å²) in [5, 5.41) is 0. The van der Waals surface area contributed by atoms with Gasteiger partial charge in [-0.15, -0.1) is 0 Å². The number of halogens is 1. The lowest BCUT2D eigenvalue weighted by Gasteiger charge is -2.21. The van der Waals surface area contributed by atoms with Crippen LogP contribution in [0, 0.1) is 12.7 Å². The van der Waals surface area contributed by atoms with Gasteiger partial charge in [-0.1, -0.05) is 29.8 Å². The zero-order valence-corrected chi connectivity index (χ0v) is 12.0. The van der Waals surface area contributed by atoms with Crippen molar-refractivity contribution in [2.45, 2.75) is 13.5 Å². The average Bonchev–Trinajstić information content (AvgIpc) is 2.38. The van der Waals surface area contributed by atoms with Crippen LogP contribution in [0.5, 0.6) is 5.75 Å². The van der Waals surface area contributed by atoms with E-state index in [0.29, 0.717) is 23.7 Å². The molecule has 2 aromatic carbocycles.